The van der Waals surface area contributed by atoms with E-state index >= 15 is 0 Å². The maximum absolute atomic E-state index is 11.2. The van der Waals surface area contributed by atoms with Gasteiger partial charge in [-0.25, -0.2) is 4.79 Å². The van der Waals surface area contributed by atoms with Crippen LogP contribution in [0.25, 0.3) is 11.1 Å². The number of alkyl carbamates (subject to hydrolysis) is 1. The molecule has 0 fully saturated rings. The van der Waals surface area contributed by atoms with Gasteiger partial charge < -0.3 is 20.3 Å². The lowest BCUT2D eigenvalue weighted by atomic mass is 10.0. The van der Waals surface area contributed by atoms with Gasteiger partial charge in [0, 0.05) is 19.9 Å². The molecule has 8 nitrogen and oxygen atoms in total. The van der Waals surface area contributed by atoms with Crippen LogP contribution in [0.15, 0.2) is 59.1 Å². The number of benzene rings is 2. The van der Waals surface area contributed by atoms with Crippen LogP contribution in [0.3, 0.4) is 0 Å². The number of amides is 1. The molecule has 1 amide bonds. The molecule has 0 saturated carbocycles. The molecule has 2 aromatic carbocycles. The zero-order valence-electron chi connectivity index (χ0n) is 17.4. The van der Waals surface area contributed by atoms with Gasteiger partial charge in [-0.05, 0) is 36.0 Å². The van der Waals surface area contributed by atoms with Crippen LogP contribution < -0.4 is 11.1 Å². The van der Waals surface area contributed by atoms with Crippen LogP contribution in [0.1, 0.15) is 49.5 Å². The molecule has 0 saturated heterocycles. The summed E-state index contributed by atoms with van der Waals surface area (Å²) in [4.78, 5) is 26.3. The predicted octanol–water partition coefficient (Wildman–Crippen LogP) is 3.77. The highest BCUT2D eigenvalue weighted by atomic mass is 16.6. The topological polar surface area (TPSA) is 120 Å². The third kappa shape index (κ3) is 7.04. The summed E-state index contributed by atoms with van der Waals surface area (Å²) in [5.74, 6) is 0.352. The van der Waals surface area contributed by atoms with Crippen LogP contribution in [0.4, 0.5) is 4.79 Å². The number of ether oxygens (including phenoxy) is 1. The molecular weight excluding hydrogens is 396 g/mol. The number of nitrogens with zero attached hydrogens (tertiary/aromatic N) is 2. The smallest absolute Gasteiger partial charge is 0.377 e. The van der Waals surface area contributed by atoms with E-state index in [9.17, 15) is 9.59 Å². The SMILES string of the molecule is CC(=O)OC(=O)NCCCCC(N)c1nc(Cc2ccc(-c3ccccc3)cc2)no1. The van der Waals surface area contributed by atoms with Crippen molar-refractivity contribution in [2.45, 2.75) is 38.6 Å². The van der Waals surface area contributed by atoms with Crippen LogP contribution >= 0.6 is 0 Å². The van der Waals surface area contributed by atoms with E-state index in [2.05, 4.69) is 56.6 Å². The first-order valence-corrected chi connectivity index (χ1v) is 10.2. The van der Waals surface area contributed by atoms with Crippen molar-refractivity contribution in [1.29, 1.82) is 0 Å². The number of aromatic nitrogens is 2. The van der Waals surface area contributed by atoms with Crippen molar-refractivity contribution < 1.29 is 18.8 Å². The fourth-order valence-electron chi connectivity index (χ4n) is 3.09. The molecule has 0 aliphatic heterocycles. The lowest BCUT2D eigenvalue weighted by molar-refractivity contribution is -0.134. The van der Waals surface area contributed by atoms with Crippen molar-refractivity contribution in [3.05, 3.63) is 71.9 Å². The number of esters is 1. The number of nitrogens with one attached hydrogen (secondary N) is 1. The summed E-state index contributed by atoms with van der Waals surface area (Å²) in [6, 6.07) is 18.1. The highest BCUT2D eigenvalue weighted by Gasteiger charge is 2.15. The maximum Gasteiger partial charge on any atom is 0.414 e. The predicted molar refractivity (Wildman–Crippen MR) is 115 cm³/mol. The summed E-state index contributed by atoms with van der Waals surface area (Å²) in [5.41, 5.74) is 9.56. The Morgan fingerprint density at radius 3 is 2.48 bits per heavy atom. The maximum atomic E-state index is 11.2. The van der Waals surface area contributed by atoms with Crippen molar-refractivity contribution in [3.8, 4) is 11.1 Å². The molecule has 1 unspecified atom stereocenters. The Morgan fingerprint density at radius 1 is 1.06 bits per heavy atom. The summed E-state index contributed by atoms with van der Waals surface area (Å²) in [5, 5.41) is 6.54. The summed E-state index contributed by atoms with van der Waals surface area (Å²) in [6.45, 7) is 1.57. The normalized spacial score (nSPS) is 11.7. The Bertz CT molecular complexity index is 986. The Morgan fingerprint density at radius 2 is 1.77 bits per heavy atom. The number of rotatable bonds is 9. The van der Waals surface area contributed by atoms with Crippen LogP contribution in [0.2, 0.25) is 0 Å². The van der Waals surface area contributed by atoms with E-state index in [-0.39, 0.29) is 6.04 Å². The van der Waals surface area contributed by atoms with E-state index in [4.69, 9.17) is 10.3 Å². The molecule has 1 heterocycles. The second kappa shape index (κ2) is 11.0. The molecule has 8 heteroatoms. The monoisotopic (exact) mass is 422 g/mol. The molecule has 0 radical (unpaired) electrons. The zero-order chi connectivity index (χ0) is 22.1. The van der Waals surface area contributed by atoms with Crippen LogP contribution in [0, 0.1) is 0 Å². The molecule has 0 spiro atoms. The first-order chi connectivity index (χ1) is 15.0. The van der Waals surface area contributed by atoms with E-state index in [0.29, 0.717) is 37.5 Å². The van der Waals surface area contributed by atoms with Gasteiger partial charge >= 0.3 is 12.1 Å². The largest absolute Gasteiger partial charge is 0.414 e. The molecule has 1 atom stereocenters. The fourth-order valence-corrected chi connectivity index (χ4v) is 3.09. The highest BCUT2D eigenvalue weighted by Crippen LogP contribution is 2.21. The molecule has 162 valence electrons. The summed E-state index contributed by atoms with van der Waals surface area (Å²) in [6.07, 6.45) is 1.90. The van der Waals surface area contributed by atoms with Gasteiger partial charge in [0.1, 0.15) is 0 Å². The molecule has 3 aromatic rings. The molecule has 0 bridgehead atoms. The highest BCUT2D eigenvalue weighted by molar-refractivity contribution is 5.82. The van der Waals surface area contributed by atoms with Crippen LogP contribution in [-0.4, -0.2) is 28.7 Å². The Hall–Kier alpha value is -3.52. The minimum absolute atomic E-state index is 0.370. The van der Waals surface area contributed by atoms with Crippen molar-refractivity contribution in [2.75, 3.05) is 6.54 Å². The first-order valence-electron chi connectivity index (χ1n) is 10.2. The molecule has 3 rings (SSSR count). The Labute approximate surface area is 180 Å². The summed E-state index contributed by atoms with van der Waals surface area (Å²) < 4.78 is 9.70. The number of carbonyl (C=O) groups is 2. The first kappa shape index (κ1) is 22.2. The zero-order valence-corrected chi connectivity index (χ0v) is 17.4. The summed E-state index contributed by atoms with van der Waals surface area (Å²) >= 11 is 0. The van der Waals surface area contributed by atoms with Gasteiger partial charge in [-0.1, -0.05) is 59.8 Å². The summed E-state index contributed by atoms with van der Waals surface area (Å²) in [7, 11) is 0. The van der Waals surface area contributed by atoms with Crippen molar-refractivity contribution in [2.24, 2.45) is 5.73 Å². The molecule has 0 aliphatic rings. The average Bonchev–Trinajstić information content (AvgIpc) is 3.22. The second-order valence-corrected chi connectivity index (χ2v) is 7.20. The number of nitrogens with two attached hydrogens (primary N) is 1. The van der Waals surface area contributed by atoms with E-state index < -0.39 is 12.1 Å². The third-order valence-electron chi connectivity index (χ3n) is 4.67. The minimum atomic E-state index is -0.741. The standard InChI is InChI=1S/C23H26N4O4/c1-16(28)30-23(29)25-14-6-5-9-20(24)22-26-21(27-31-22)15-17-10-12-19(13-11-17)18-7-3-2-4-8-18/h2-4,7-8,10-13,20H,5-6,9,14-15,24H2,1H3,(H,25,29). The van der Waals surface area contributed by atoms with Gasteiger partial charge in [0.25, 0.3) is 0 Å². The van der Waals surface area contributed by atoms with E-state index in [0.717, 1.165) is 17.5 Å². The van der Waals surface area contributed by atoms with Gasteiger partial charge in [0.15, 0.2) is 5.82 Å². The van der Waals surface area contributed by atoms with E-state index in [1.807, 2.05) is 18.2 Å². The fraction of sp³-hybridized carbons (Fsp3) is 0.304. The molecular formula is C23H26N4O4. The second-order valence-electron chi connectivity index (χ2n) is 7.20. The number of hydrogen-bond acceptors (Lipinski definition) is 7. The van der Waals surface area contributed by atoms with Gasteiger partial charge in [-0.3, -0.25) is 4.79 Å². The molecule has 1 aromatic heterocycles. The molecule has 0 aliphatic carbocycles. The van der Waals surface area contributed by atoms with E-state index in [1.54, 1.807) is 0 Å². The minimum Gasteiger partial charge on any atom is -0.377 e. The van der Waals surface area contributed by atoms with Crippen LogP contribution in [0.5, 0.6) is 0 Å². The van der Waals surface area contributed by atoms with Gasteiger partial charge in [0.2, 0.25) is 5.89 Å². The number of hydrogen-bond donors (Lipinski definition) is 2. The van der Waals surface area contributed by atoms with Gasteiger partial charge in [-0.15, -0.1) is 0 Å². The quantitative estimate of drug-likeness (QED) is 0.306. The Kier molecular flexibility index (Phi) is 7.89. The van der Waals surface area contributed by atoms with Gasteiger partial charge in [0.05, 0.1) is 6.04 Å². The average molecular weight is 422 g/mol. The lowest BCUT2D eigenvalue weighted by Crippen LogP contribution is -2.27. The lowest BCUT2D eigenvalue weighted by Gasteiger charge is -2.07. The Balaban J connectivity index is 1.43. The molecule has 3 N–H and O–H groups in total. The van der Waals surface area contributed by atoms with Crippen molar-refractivity contribution in [1.82, 2.24) is 15.5 Å². The van der Waals surface area contributed by atoms with Crippen molar-refractivity contribution in [3.63, 3.8) is 0 Å². The third-order valence-corrected chi connectivity index (χ3v) is 4.67. The van der Waals surface area contributed by atoms with Crippen LogP contribution in [-0.2, 0) is 16.0 Å². The van der Waals surface area contributed by atoms with Crippen molar-refractivity contribution >= 4 is 12.1 Å². The van der Waals surface area contributed by atoms with E-state index in [1.165, 1.54) is 12.5 Å². The number of carbonyl (C=O) groups excluding carboxylic acids is 2. The number of unbranched alkanes of at least 4 members (excludes halogenated alkanes) is 1. The van der Waals surface area contributed by atoms with Gasteiger partial charge in [-0.2, -0.15) is 4.98 Å². The molecule has 31 heavy (non-hydrogen) atoms.